The zero-order valence-electron chi connectivity index (χ0n) is 22.8. The van der Waals surface area contributed by atoms with Crippen LogP contribution < -0.4 is 4.90 Å². The Morgan fingerprint density at radius 1 is 0.500 bits per heavy atom. The third kappa shape index (κ3) is 4.11. The number of pyridine rings is 1. The minimum absolute atomic E-state index is 0.849. The van der Waals surface area contributed by atoms with Crippen LogP contribution in [0, 0.1) is 0 Å². The van der Waals surface area contributed by atoms with E-state index in [-0.39, 0.29) is 0 Å². The summed E-state index contributed by atoms with van der Waals surface area (Å²) < 4.78 is 6.46. The number of nitrogens with zero attached hydrogens (tertiary/aromatic N) is 2. The van der Waals surface area contributed by atoms with E-state index < -0.39 is 0 Å². The van der Waals surface area contributed by atoms with Gasteiger partial charge < -0.3 is 9.32 Å². The van der Waals surface area contributed by atoms with Gasteiger partial charge >= 0.3 is 0 Å². The third-order valence-corrected chi connectivity index (χ3v) is 7.96. The lowest BCUT2D eigenvalue weighted by atomic mass is 10.0. The van der Waals surface area contributed by atoms with Gasteiger partial charge in [0.1, 0.15) is 11.2 Å². The second kappa shape index (κ2) is 10.1. The average molecular weight is 539 g/mol. The van der Waals surface area contributed by atoms with Crippen molar-refractivity contribution in [1.29, 1.82) is 0 Å². The highest BCUT2D eigenvalue weighted by Gasteiger charge is 2.19. The first-order valence-corrected chi connectivity index (χ1v) is 14.1. The molecule has 2 aromatic heterocycles. The Bertz CT molecular complexity index is 2180. The molecular weight excluding hydrogens is 512 g/mol. The number of rotatable bonds is 5. The first-order valence-electron chi connectivity index (χ1n) is 14.1. The quantitative estimate of drug-likeness (QED) is 0.218. The summed E-state index contributed by atoms with van der Waals surface area (Å²) >= 11 is 0. The van der Waals surface area contributed by atoms with Crippen LogP contribution in [0.3, 0.4) is 0 Å². The van der Waals surface area contributed by atoms with Crippen LogP contribution in [0.2, 0.25) is 0 Å². The molecular formula is C39H26N2O. The van der Waals surface area contributed by atoms with E-state index in [0.717, 1.165) is 55.3 Å². The number of benzene rings is 6. The zero-order valence-corrected chi connectivity index (χ0v) is 22.8. The van der Waals surface area contributed by atoms with E-state index in [1.807, 2.05) is 24.5 Å². The van der Waals surface area contributed by atoms with Crippen molar-refractivity contribution in [2.24, 2.45) is 0 Å². The molecule has 42 heavy (non-hydrogen) atoms. The highest BCUT2D eigenvalue weighted by molar-refractivity contribution is 6.19. The van der Waals surface area contributed by atoms with Crippen LogP contribution in [0.5, 0.6) is 0 Å². The molecule has 0 spiro atoms. The molecule has 0 aliphatic heterocycles. The second-order valence-corrected chi connectivity index (χ2v) is 10.4. The van der Waals surface area contributed by atoms with E-state index in [4.69, 9.17) is 4.42 Å². The number of fused-ring (bicyclic) bond motifs is 5. The van der Waals surface area contributed by atoms with Crippen LogP contribution in [-0.2, 0) is 0 Å². The number of anilines is 3. The normalized spacial score (nSPS) is 11.3. The molecule has 0 saturated carbocycles. The Hall–Kier alpha value is -5.67. The molecule has 0 saturated heterocycles. The first kappa shape index (κ1) is 24.2. The van der Waals surface area contributed by atoms with E-state index in [1.165, 1.54) is 16.7 Å². The van der Waals surface area contributed by atoms with E-state index in [0.29, 0.717) is 0 Å². The maximum Gasteiger partial charge on any atom is 0.137 e. The Kier molecular flexibility index (Phi) is 5.79. The Balaban J connectivity index is 1.33. The van der Waals surface area contributed by atoms with E-state index >= 15 is 0 Å². The van der Waals surface area contributed by atoms with Gasteiger partial charge in [-0.05, 0) is 64.5 Å². The van der Waals surface area contributed by atoms with Crippen LogP contribution in [-0.4, -0.2) is 4.98 Å². The maximum atomic E-state index is 6.46. The summed E-state index contributed by atoms with van der Waals surface area (Å²) in [7, 11) is 0. The van der Waals surface area contributed by atoms with Crippen LogP contribution in [0.25, 0.3) is 55.0 Å². The van der Waals surface area contributed by atoms with Crippen molar-refractivity contribution in [2.75, 3.05) is 4.90 Å². The maximum absolute atomic E-state index is 6.46. The number of aromatic nitrogens is 1. The molecule has 0 aliphatic carbocycles. The highest BCUT2D eigenvalue weighted by atomic mass is 16.3. The van der Waals surface area contributed by atoms with Crippen molar-refractivity contribution >= 4 is 49.8 Å². The molecule has 8 rings (SSSR count). The Morgan fingerprint density at radius 2 is 1.19 bits per heavy atom. The number of para-hydroxylation sites is 1. The molecule has 3 heteroatoms. The predicted molar refractivity (Wildman–Crippen MR) is 175 cm³/mol. The molecule has 0 fully saturated rings. The lowest BCUT2D eigenvalue weighted by Gasteiger charge is -2.28. The second-order valence-electron chi connectivity index (χ2n) is 10.4. The molecule has 0 atom stereocenters. The first-order chi connectivity index (χ1) is 20.8. The summed E-state index contributed by atoms with van der Waals surface area (Å²) in [6, 6.07) is 51.2. The SMILES string of the molecule is c1ccc(-c2ccc(N(c3ccc4c(c3)oc3ccc5ccncc5c34)c3ccccc3-c3ccccc3)cc2)cc1. The minimum atomic E-state index is 0.849. The number of furan rings is 1. The van der Waals surface area contributed by atoms with E-state index in [2.05, 4.69) is 143 Å². The summed E-state index contributed by atoms with van der Waals surface area (Å²) in [6.07, 6.45) is 3.76. The van der Waals surface area contributed by atoms with Gasteiger partial charge in [-0.15, -0.1) is 0 Å². The third-order valence-electron chi connectivity index (χ3n) is 7.96. The van der Waals surface area contributed by atoms with Crippen LogP contribution in [0.1, 0.15) is 0 Å². The summed E-state index contributed by atoms with van der Waals surface area (Å²) in [5, 5.41) is 4.44. The van der Waals surface area contributed by atoms with Gasteiger partial charge in [-0.3, -0.25) is 4.98 Å². The summed E-state index contributed by atoms with van der Waals surface area (Å²) in [5.41, 5.74) is 9.63. The standard InChI is InChI=1S/C39H26N2O/c1-3-9-27(10-4-1)28-15-18-31(19-16-28)41(36-14-8-7-13-33(36)29-11-5-2-6-12-29)32-20-21-34-38(25-32)42-37-22-17-30-23-24-40-26-35(30)39(34)37/h1-26H. The molecule has 8 aromatic rings. The monoisotopic (exact) mass is 538 g/mol. The van der Waals surface area contributed by atoms with Gasteiger partial charge in [0.15, 0.2) is 0 Å². The summed E-state index contributed by atoms with van der Waals surface area (Å²) in [6.45, 7) is 0. The van der Waals surface area contributed by atoms with Gasteiger partial charge in [0.05, 0.1) is 5.69 Å². The average Bonchev–Trinajstić information content (AvgIpc) is 3.45. The van der Waals surface area contributed by atoms with Crippen molar-refractivity contribution in [3.05, 3.63) is 158 Å². The van der Waals surface area contributed by atoms with Gasteiger partial charge in [0, 0.05) is 51.6 Å². The molecule has 0 N–H and O–H groups in total. The van der Waals surface area contributed by atoms with Crippen molar-refractivity contribution in [2.45, 2.75) is 0 Å². The van der Waals surface area contributed by atoms with Gasteiger partial charge in [0.2, 0.25) is 0 Å². The van der Waals surface area contributed by atoms with Crippen molar-refractivity contribution in [3.63, 3.8) is 0 Å². The molecule has 6 aromatic carbocycles. The Morgan fingerprint density at radius 3 is 2.00 bits per heavy atom. The molecule has 2 heterocycles. The van der Waals surface area contributed by atoms with Crippen molar-refractivity contribution in [1.82, 2.24) is 4.98 Å². The lowest BCUT2D eigenvalue weighted by molar-refractivity contribution is 0.669. The molecule has 0 radical (unpaired) electrons. The smallest absolute Gasteiger partial charge is 0.137 e. The van der Waals surface area contributed by atoms with E-state index in [1.54, 1.807) is 0 Å². The topological polar surface area (TPSA) is 29.3 Å². The molecule has 0 aliphatic rings. The van der Waals surface area contributed by atoms with Crippen LogP contribution in [0.4, 0.5) is 17.1 Å². The summed E-state index contributed by atoms with van der Waals surface area (Å²) in [5.74, 6) is 0. The highest BCUT2D eigenvalue weighted by Crippen LogP contribution is 2.43. The zero-order chi connectivity index (χ0) is 27.9. The molecule has 0 bridgehead atoms. The van der Waals surface area contributed by atoms with Crippen LogP contribution in [0.15, 0.2) is 162 Å². The van der Waals surface area contributed by atoms with Crippen molar-refractivity contribution < 1.29 is 4.42 Å². The number of hydrogen-bond acceptors (Lipinski definition) is 3. The number of hydrogen-bond donors (Lipinski definition) is 0. The van der Waals surface area contributed by atoms with Crippen molar-refractivity contribution in [3.8, 4) is 22.3 Å². The van der Waals surface area contributed by atoms with Crippen LogP contribution >= 0.6 is 0 Å². The molecule has 0 unspecified atom stereocenters. The molecule has 3 nitrogen and oxygen atoms in total. The molecule has 198 valence electrons. The lowest BCUT2D eigenvalue weighted by Crippen LogP contribution is -2.11. The van der Waals surface area contributed by atoms with E-state index in [9.17, 15) is 0 Å². The van der Waals surface area contributed by atoms with Gasteiger partial charge in [0.25, 0.3) is 0 Å². The fourth-order valence-electron chi connectivity index (χ4n) is 5.95. The fraction of sp³-hybridized carbons (Fsp3) is 0. The largest absolute Gasteiger partial charge is 0.456 e. The van der Waals surface area contributed by atoms with Gasteiger partial charge in [-0.2, -0.15) is 0 Å². The Labute approximate surface area is 243 Å². The van der Waals surface area contributed by atoms with Gasteiger partial charge in [-0.1, -0.05) is 97.1 Å². The fourth-order valence-corrected chi connectivity index (χ4v) is 5.95. The predicted octanol–water partition coefficient (Wildman–Crippen LogP) is 10.9. The minimum Gasteiger partial charge on any atom is -0.456 e. The summed E-state index contributed by atoms with van der Waals surface area (Å²) in [4.78, 5) is 6.71. The van der Waals surface area contributed by atoms with Gasteiger partial charge in [-0.25, -0.2) is 0 Å². The molecule has 0 amide bonds.